The number of para-hydroxylation sites is 1. The zero-order valence-electron chi connectivity index (χ0n) is 12.5. The normalized spacial score (nSPS) is 17.0. The highest BCUT2D eigenvalue weighted by Crippen LogP contribution is 2.26. The van der Waals surface area contributed by atoms with Crippen molar-refractivity contribution in [1.82, 2.24) is 9.88 Å². The number of ether oxygens (including phenoxy) is 1. The Kier molecular flexibility index (Phi) is 4.23. The molecule has 118 valence electrons. The Bertz CT molecular complexity index is 718. The topological polar surface area (TPSA) is 85.5 Å². The fourth-order valence-electron chi connectivity index (χ4n) is 2.58. The van der Waals surface area contributed by atoms with Gasteiger partial charge in [0, 0.05) is 19.3 Å². The molecule has 1 saturated heterocycles. The standard InChI is InChI=1S/C17H17N3O3/c18-15(21)12-8-10-20(11-12)17(22)14-7-4-9-19-16(14)23-13-5-2-1-3-6-13/h1-7,9,12H,8,10-11H2,(H2,18,21)/t12-/m1/s1. The van der Waals surface area contributed by atoms with E-state index in [4.69, 9.17) is 10.5 Å². The number of nitrogens with zero attached hydrogens (tertiary/aromatic N) is 2. The van der Waals surface area contributed by atoms with Gasteiger partial charge < -0.3 is 15.4 Å². The first-order chi connectivity index (χ1) is 11.1. The van der Waals surface area contributed by atoms with Crippen LogP contribution in [0.1, 0.15) is 16.8 Å². The summed E-state index contributed by atoms with van der Waals surface area (Å²) in [5, 5.41) is 0. The van der Waals surface area contributed by atoms with Gasteiger partial charge in [-0.25, -0.2) is 4.98 Å². The van der Waals surface area contributed by atoms with Crippen LogP contribution in [0, 0.1) is 5.92 Å². The number of primary amides is 1. The fourth-order valence-corrected chi connectivity index (χ4v) is 2.58. The lowest BCUT2D eigenvalue weighted by Crippen LogP contribution is -2.32. The van der Waals surface area contributed by atoms with Crippen LogP contribution in [0.15, 0.2) is 48.7 Å². The molecule has 23 heavy (non-hydrogen) atoms. The van der Waals surface area contributed by atoms with Gasteiger partial charge in [-0.15, -0.1) is 0 Å². The second-order valence-electron chi connectivity index (χ2n) is 5.41. The van der Waals surface area contributed by atoms with Gasteiger partial charge in [-0.2, -0.15) is 0 Å². The zero-order valence-corrected chi connectivity index (χ0v) is 12.5. The van der Waals surface area contributed by atoms with Crippen molar-refractivity contribution in [3.63, 3.8) is 0 Å². The second kappa shape index (κ2) is 6.48. The minimum absolute atomic E-state index is 0.201. The van der Waals surface area contributed by atoms with Gasteiger partial charge in [0.05, 0.1) is 5.92 Å². The molecule has 0 aliphatic carbocycles. The Morgan fingerprint density at radius 3 is 2.65 bits per heavy atom. The van der Waals surface area contributed by atoms with E-state index < -0.39 is 0 Å². The number of nitrogens with two attached hydrogens (primary N) is 1. The van der Waals surface area contributed by atoms with Gasteiger partial charge in [0.25, 0.3) is 5.91 Å². The van der Waals surface area contributed by atoms with Crippen LogP contribution >= 0.6 is 0 Å². The average molecular weight is 311 g/mol. The van der Waals surface area contributed by atoms with Crippen molar-refractivity contribution in [1.29, 1.82) is 0 Å². The summed E-state index contributed by atoms with van der Waals surface area (Å²) in [6.45, 7) is 0.847. The van der Waals surface area contributed by atoms with Crippen LogP contribution in [0.3, 0.4) is 0 Å². The molecule has 2 heterocycles. The Morgan fingerprint density at radius 1 is 1.17 bits per heavy atom. The highest BCUT2D eigenvalue weighted by Gasteiger charge is 2.31. The highest BCUT2D eigenvalue weighted by atomic mass is 16.5. The van der Waals surface area contributed by atoms with Crippen molar-refractivity contribution < 1.29 is 14.3 Å². The van der Waals surface area contributed by atoms with Crippen LogP contribution in [0.5, 0.6) is 11.6 Å². The summed E-state index contributed by atoms with van der Waals surface area (Å²) in [5.74, 6) is 0.0112. The number of aromatic nitrogens is 1. The number of pyridine rings is 1. The highest BCUT2D eigenvalue weighted by molar-refractivity contribution is 5.97. The van der Waals surface area contributed by atoms with Crippen LogP contribution in [0.2, 0.25) is 0 Å². The predicted molar refractivity (Wildman–Crippen MR) is 84.0 cm³/mol. The maximum atomic E-state index is 12.7. The van der Waals surface area contributed by atoms with Gasteiger partial charge in [-0.3, -0.25) is 9.59 Å². The Labute approximate surface area is 133 Å². The van der Waals surface area contributed by atoms with Crippen molar-refractivity contribution in [2.45, 2.75) is 6.42 Å². The molecule has 2 N–H and O–H groups in total. The van der Waals surface area contributed by atoms with E-state index in [1.165, 1.54) is 0 Å². The third-order valence-corrected chi connectivity index (χ3v) is 3.84. The number of hydrogen-bond donors (Lipinski definition) is 1. The third-order valence-electron chi connectivity index (χ3n) is 3.84. The summed E-state index contributed by atoms with van der Waals surface area (Å²) in [6.07, 6.45) is 2.17. The number of likely N-dealkylation sites (tertiary alicyclic amines) is 1. The SMILES string of the molecule is NC(=O)[C@@H]1CCN(C(=O)c2cccnc2Oc2ccccc2)C1. The van der Waals surface area contributed by atoms with E-state index >= 15 is 0 Å². The summed E-state index contributed by atoms with van der Waals surface area (Å²) in [6, 6.07) is 12.5. The van der Waals surface area contributed by atoms with Crippen LogP contribution < -0.4 is 10.5 Å². The molecule has 1 fully saturated rings. The first kappa shape index (κ1) is 15.0. The van der Waals surface area contributed by atoms with Crippen molar-refractivity contribution in [3.05, 3.63) is 54.2 Å². The molecular formula is C17H17N3O3. The molecule has 3 rings (SSSR count). The minimum atomic E-state index is -0.368. The van der Waals surface area contributed by atoms with Crippen molar-refractivity contribution >= 4 is 11.8 Å². The maximum Gasteiger partial charge on any atom is 0.259 e. The summed E-state index contributed by atoms with van der Waals surface area (Å²) in [4.78, 5) is 29.7. The minimum Gasteiger partial charge on any atom is -0.438 e. The number of carbonyl (C=O) groups is 2. The molecule has 0 bridgehead atoms. The van der Waals surface area contributed by atoms with Crippen molar-refractivity contribution in [3.8, 4) is 11.6 Å². The smallest absolute Gasteiger partial charge is 0.259 e. The largest absolute Gasteiger partial charge is 0.438 e. The van der Waals surface area contributed by atoms with E-state index in [0.717, 1.165) is 0 Å². The number of hydrogen-bond acceptors (Lipinski definition) is 4. The molecule has 1 aromatic carbocycles. The van der Waals surface area contributed by atoms with Gasteiger partial charge in [0.1, 0.15) is 11.3 Å². The molecule has 0 spiro atoms. The Morgan fingerprint density at radius 2 is 1.96 bits per heavy atom. The summed E-state index contributed by atoms with van der Waals surface area (Å²) >= 11 is 0. The Balaban J connectivity index is 1.80. The summed E-state index contributed by atoms with van der Waals surface area (Å²) < 4.78 is 5.71. The van der Waals surface area contributed by atoms with Crippen LogP contribution in [0.25, 0.3) is 0 Å². The molecule has 0 radical (unpaired) electrons. The molecular weight excluding hydrogens is 294 g/mol. The monoisotopic (exact) mass is 311 g/mol. The number of amides is 2. The van der Waals surface area contributed by atoms with Gasteiger partial charge >= 0.3 is 0 Å². The van der Waals surface area contributed by atoms with Gasteiger partial charge in [-0.1, -0.05) is 18.2 Å². The number of benzene rings is 1. The molecule has 0 saturated carbocycles. The second-order valence-corrected chi connectivity index (χ2v) is 5.41. The molecule has 6 nitrogen and oxygen atoms in total. The molecule has 1 aliphatic heterocycles. The van der Waals surface area contributed by atoms with Crippen LogP contribution in [0.4, 0.5) is 0 Å². The van der Waals surface area contributed by atoms with Crippen molar-refractivity contribution in [2.75, 3.05) is 13.1 Å². The third kappa shape index (κ3) is 3.31. The lowest BCUT2D eigenvalue weighted by Gasteiger charge is -2.17. The quantitative estimate of drug-likeness (QED) is 0.933. The van der Waals surface area contributed by atoms with E-state index in [-0.39, 0.29) is 23.6 Å². The number of carbonyl (C=O) groups excluding carboxylic acids is 2. The molecule has 1 aliphatic rings. The number of rotatable bonds is 4. The van der Waals surface area contributed by atoms with Crippen LogP contribution in [-0.2, 0) is 4.79 Å². The van der Waals surface area contributed by atoms with E-state index in [1.54, 1.807) is 35.4 Å². The molecule has 2 aromatic rings. The van der Waals surface area contributed by atoms with Gasteiger partial charge in [0.2, 0.25) is 11.8 Å². The van der Waals surface area contributed by atoms with E-state index in [2.05, 4.69) is 4.98 Å². The molecule has 2 amide bonds. The zero-order chi connectivity index (χ0) is 16.2. The molecule has 1 atom stereocenters. The van der Waals surface area contributed by atoms with E-state index in [9.17, 15) is 9.59 Å². The van der Waals surface area contributed by atoms with Gasteiger partial charge in [-0.05, 0) is 30.7 Å². The average Bonchev–Trinajstić information content (AvgIpc) is 3.06. The lowest BCUT2D eigenvalue weighted by molar-refractivity contribution is -0.121. The molecule has 1 aromatic heterocycles. The first-order valence-corrected chi connectivity index (χ1v) is 7.41. The molecule has 0 unspecified atom stereocenters. The predicted octanol–water partition coefficient (Wildman–Crippen LogP) is 1.82. The van der Waals surface area contributed by atoms with E-state index in [1.807, 2.05) is 18.2 Å². The van der Waals surface area contributed by atoms with Crippen molar-refractivity contribution in [2.24, 2.45) is 11.7 Å². The van der Waals surface area contributed by atoms with Crippen LogP contribution in [-0.4, -0.2) is 34.8 Å². The summed E-state index contributed by atoms with van der Waals surface area (Å²) in [7, 11) is 0. The maximum absolute atomic E-state index is 12.7. The van der Waals surface area contributed by atoms with E-state index in [0.29, 0.717) is 30.8 Å². The lowest BCUT2D eigenvalue weighted by atomic mass is 10.1. The molecule has 6 heteroatoms. The first-order valence-electron chi connectivity index (χ1n) is 7.41. The Hall–Kier alpha value is -2.89. The fraction of sp³-hybridized carbons (Fsp3) is 0.235. The summed E-state index contributed by atoms with van der Waals surface area (Å²) in [5.41, 5.74) is 5.69. The van der Waals surface area contributed by atoms with Gasteiger partial charge in [0.15, 0.2) is 0 Å².